The predicted molar refractivity (Wildman–Crippen MR) is 86.1 cm³/mol. The van der Waals surface area contributed by atoms with E-state index >= 15 is 0 Å². The molecule has 2 heteroatoms. The van der Waals surface area contributed by atoms with Crippen LogP contribution in [0.4, 0.5) is 0 Å². The third-order valence-corrected chi connectivity index (χ3v) is 3.56. The van der Waals surface area contributed by atoms with Crippen LogP contribution < -0.4 is 0 Å². The lowest BCUT2D eigenvalue weighted by atomic mass is 9.98. The van der Waals surface area contributed by atoms with Gasteiger partial charge in [-0.1, -0.05) is 55.1 Å². The summed E-state index contributed by atoms with van der Waals surface area (Å²) in [6.07, 6.45) is 0. The molecule has 0 spiro atoms. The summed E-state index contributed by atoms with van der Waals surface area (Å²) in [6.45, 7) is 5.52. The van der Waals surface area contributed by atoms with Crippen LogP contribution in [0.3, 0.4) is 0 Å². The largest absolute Gasteiger partial charge is 0.457 e. The van der Waals surface area contributed by atoms with Crippen LogP contribution in [0.25, 0.3) is 21.5 Å². The Hall–Kier alpha value is -2.61. The molecule has 0 amide bonds. The minimum atomic E-state index is -0.354. The van der Waals surface area contributed by atoms with Gasteiger partial charge in [0.05, 0.1) is 0 Å². The zero-order valence-corrected chi connectivity index (χ0v) is 11.9. The van der Waals surface area contributed by atoms with E-state index in [2.05, 4.69) is 36.9 Å². The molecule has 3 aromatic carbocycles. The maximum absolute atomic E-state index is 11.6. The first kappa shape index (κ1) is 13.4. The van der Waals surface area contributed by atoms with Crippen LogP contribution in [0, 0.1) is 0 Å². The molecule has 0 aliphatic carbocycles. The monoisotopic (exact) mass is 276 g/mol. The normalized spacial score (nSPS) is 10.7. The van der Waals surface area contributed by atoms with Gasteiger partial charge in [0.1, 0.15) is 6.61 Å². The molecule has 0 aliphatic heterocycles. The van der Waals surface area contributed by atoms with Crippen LogP contribution in [-0.2, 0) is 16.1 Å². The van der Waals surface area contributed by atoms with Crippen LogP contribution in [0.5, 0.6) is 0 Å². The number of carbonyl (C=O) groups excluding carboxylic acids is 1. The number of hydrogen-bond acceptors (Lipinski definition) is 2. The highest BCUT2D eigenvalue weighted by atomic mass is 16.5. The quantitative estimate of drug-likeness (QED) is 0.396. The summed E-state index contributed by atoms with van der Waals surface area (Å²) in [5, 5.41) is 4.66. The van der Waals surface area contributed by atoms with Gasteiger partial charge in [-0.25, -0.2) is 4.79 Å². The van der Waals surface area contributed by atoms with E-state index in [9.17, 15) is 4.79 Å². The van der Waals surface area contributed by atoms with Gasteiger partial charge in [-0.3, -0.25) is 0 Å². The molecule has 104 valence electrons. The lowest BCUT2D eigenvalue weighted by Crippen LogP contribution is -2.05. The minimum Gasteiger partial charge on any atom is -0.457 e. The first-order chi connectivity index (χ1) is 10.2. The number of hydrogen-bond donors (Lipinski definition) is 0. The second kappa shape index (κ2) is 5.41. The Morgan fingerprint density at radius 3 is 2.33 bits per heavy atom. The van der Waals surface area contributed by atoms with Crippen molar-refractivity contribution < 1.29 is 9.53 Å². The van der Waals surface area contributed by atoms with Crippen molar-refractivity contribution in [2.24, 2.45) is 0 Å². The van der Waals surface area contributed by atoms with Gasteiger partial charge in [-0.15, -0.1) is 0 Å². The van der Waals surface area contributed by atoms with Crippen LogP contribution >= 0.6 is 0 Å². The van der Waals surface area contributed by atoms with Gasteiger partial charge in [0.25, 0.3) is 0 Å². The van der Waals surface area contributed by atoms with Gasteiger partial charge < -0.3 is 4.74 Å². The van der Waals surface area contributed by atoms with Crippen molar-refractivity contribution in [3.63, 3.8) is 0 Å². The summed E-state index contributed by atoms with van der Waals surface area (Å²) in [6, 6.07) is 18.5. The van der Waals surface area contributed by atoms with Crippen molar-refractivity contribution in [3.8, 4) is 0 Å². The number of ether oxygens (including phenoxy) is 1. The molecule has 3 rings (SSSR count). The Morgan fingerprint density at radius 1 is 1.00 bits per heavy atom. The van der Waals surface area contributed by atoms with Crippen LogP contribution in [0.15, 0.2) is 66.7 Å². The zero-order chi connectivity index (χ0) is 14.8. The molecule has 0 unspecified atom stereocenters. The summed E-state index contributed by atoms with van der Waals surface area (Å²) < 4.78 is 5.31. The van der Waals surface area contributed by atoms with Crippen molar-refractivity contribution in [1.82, 2.24) is 0 Å². The lowest BCUT2D eigenvalue weighted by Gasteiger charge is -2.11. The third kappa shape index (κ3) is 2.52. The van der Waals surface area contributed by atoms with Crippen molar-refractivity contribution in [2.45, 2.75) is 13.5 Å². The average molecular weight is 276 g/mol. The lowest BCUT2D eigenvalue weighted by molar-refractivity contribution is -0.140. The van der Waals surface area contributed by atoms with Crippen LogP contribution in [-0.4, -0.2) is 5.97 Å². The summed E-state index contributed by atoms with van der Waals surface area (Å²) in [7, 11) is 0. The third-order valence-electron chi connectivity index (χ3n) is 3.56. The first-order valence-electron chi connectivity index (χ1n) is 6.89. The summed E-state index contributed by atoms with van der Waals surface area (Å²) >= 11 is 0. The number of benzene rings is 3. The standard InChI is InChI=1S/C19H16O2/c1-13(2)19(20)21-12-15-11-14-7-3-4-8-16(14)18-10-6-5-9-17(15)18/h3-11H,1,12H2,2H3. The second-order valence-electron chi connectivity index (χ2n) is 5.16. The highest BCUT2D eigenvalue weighted by Gasteiger charge is 2.09. The van der Waals surface area contributed by atoms with E-state index in [1.54, 1.807) is 6.92 Å². The molecule has 0 saturated carbocycles. The van der Waals surface area contributed by atoms with Gasteiger partial charge >= 0.3 is 5.97 Å². The average Bonchev–Trinajstić information content (AvgIpc) is 2.52. The Morgan fingerprint density at radius 2 is 1.62 bits per heavy atom. The van der Waals surface area contributed by atoms with Gasteiger partial charge in [0.15, 0.2) is 0 Å². The number of esters is 1. The molecule has 2 nitrogen and oxygen atoms in total. The molecule has 0 bridgehead atoms. The topological polar surface area (TPSA) is 26.3 Å². The molecule has 3 aromatic rings. The fourth-order valence-electron chi connectivity index (χ4n) is 2.52. The summed E-state index contributed by atoms with van der Waals surface area (Å²) in [4.78, 5) is 11.6. The highest BCUT2D eigenvalue weighted by molar-refractivity contribution is 6.08. The Kier molecular flexibility index (Phi) is 3.44. The number of carbonyl (C=O) groups is 1. The molecule has 0 N–H and O–H groups in total. The van der Waals surface area contributed by atoms with Gasteiger partial charge in [-0.2, -0.15) is 0 Å². The van der Waals surface area contributed by atoms with E-state index in [0.29, 0.717) is 5.57 Å². The van der Waals surface area contributed by atoms with E-state index in [0.717, 1.165) is 16.3 Å². The van der Waals surface area contributed by atoms with Gasteiger partial charge in [-0.05, 0) is 40.1 Å². The summed E-state index contributed by atoms with van der Waals surface area (Å²) in [5.74, 6) is -0.354. The first-order valence-corrected chi connectivity index (χ1v) is 6.89. The smallest absolute Gasteiger partial charge is 0.333 e. The number of fused-ring (bicyclic) bond motifs is 3. The Balaban J connectivity index is 2.12. The van der Waals surface area contributed by atoms with Crippen LogP contribution in [0.2, 0.25) is 0 Å². The van der Waals surface area contributed by atoms with Crippen LogP contribution in [0.1, 0.15) is 12.5 Å². The molecule has 0 aromatic heterocycles. The molecule has 0 radical (unpaired) electrons. The molecule has 21 heavy (non-hydrogen) atoms. The fourth-order valence-corrected chi connectivity index (χ4v) is 2.52. The molecule has 0 fully saturated rings. The maximum atomic E-state index is 11.6. The molecule has 0 heterocycles. The molecular formula is C19H16O2. The van der Waals surface area contributed by atoms with E-state index in [1.807, 2.05) is 24.3 Å². The van der Waals surface area contributed by atoms with E-state index in [1.165, 1.54) is 10.8 Å². The van der Waals surface area contributed by atoms with E-state index in [-0.39, 0.29) is 12.6 Å². The minimum absolute atomic E-state index is 0.261. The SMILES string of the molecule is C=C(C)C(=O)OCc1cc2ccccc2c2ccccc12. The Bertz CT molecular complexity index is 846. The predicted octanol–water partition coefficient (Wildman–Crippen LogP) is 4.61. The van der Waals surface area contributed by atoms with E-state index < -0.39 is 0 Å². The van der Waals surface area contributed by atoms with Gasteiger partial charge in [0, 0.05) is 5.57 Å². The van der Waals surface area contributed by atoms with Crippen molar-refractivity contribution in [3.05, 3.63) is 72.3 Å². The molecular weight excluding hydrogens is 260 g/mol. The summed E-state index contributed by atoms with van der Waals surface area (Å²) in [5.41, 5.74) is 1.43. The fraction of sp³-hybridized carbons (Fsp3) is 0.105. The van der Waals surface area contributed by atoms with Crippen molar-refractivity contribution in [2.75, 3.05) is 0 Å². The molecule has 0 atom stereocenters. The molecule has 0 saturated heterocycles. The second-order valence-corrected chi connectivity index (χ2v) is 5.16. The van der Waals surface area contributed by atoms with Crippen molar-refractivity contribution in [1.29, 1.82) is 0 Å². The Labute approximate surface area is 123 Å². The van der Waals surface area contributed by atoms with Crippen molar-refractivity contribution >= 4 is 27.5 Å². The zero-order valence-electron chi connectivity index (χ0n) is 11.9. The number of rotatable bonds is 3. The molecule has 0 aliphatic rings. The maximum Gasteiger partial charge on any atom is 0.333 e. The highest BCUT2D eigenvalue weighted by Crippen LogP contribution is 2.29. The van der Waals surface area contributed by atoms with E-state index in [4.69, 9.17) is 4.74 Å². The van der Waals surface area contributed by atoms with Gasteiger partial charge in [0.2, 0.25) is 0 Å².